The minimum Gasteiger partial charge on any atom is -0.756 e. The van der Waals surface area contributed by atoms with E-state index < -0.39 is 32.5 Å². The van der Waals surface area contributed by atoms with Crippen LogP contribution >= 0.6 is 7.82 Å². The molecule has 0 bridgehead atoms. The number of phosphoric ester groups is 1. The summed E-state index contributed by atoms with van der Waals surface area (Å²) in [7, 11) is 1.16. The van der Waals surface area contributed by atoms with Crippen LogP contribution in [0, 0.1) is 0 Å². The van der Waals surface area contributed by atoms with Crippen LogP contribution in [-0.4, -0.2) is 70.0 Å². The molecule has 0 heterocycles. The quantitative estimate of drug-likeness (QED) is 0.0195. The Morgan fingerprint density at radius 2 is 0.851 bits per heavy atom. The summed E-state index contributed by atoms with van der Waals surface area (Å²) >= 11 is 0. The van der Waals surface area contributed by atoms with Gasteiger partial charge in [-0.25, -0.2) is 0 Å². The first-order valence-corrected chi connectivity index (χ1v) is 29.0. The Hall–Kier alpha value is -2.29. The van der Waals surface area contributed by atoms with Crippen molar-refractivity contribution < 1.29 is 42.1 Å². The van der Waals surface area contributed by atoms with Gasteiger partial charge in [0.25, 0.3) is 7.82 Å². The van der Waals surface area contributed by atoms with Crippen LogP contribution < -0.4 is 4.89 Å². The molecule has 2 unspecified atom stereocenters. The smallest absolute Gasteiger partial charge is 0.306 e. The van der Waals surface area contributed by atoms with Gasteiger partial charge in [0.05, 0.1) is 27.7 Å². The lowest BCUT2D eigenvalue weighted by atomic mass is 10.0. The van der Waals surface area contributed by atoms with E-state index in [0.29, 0.717) is 17.4 Å². The fraction of sp³-hybridized carbons (Fsp3) is 0.789. The predicted octanol–water partition coefficient (Wildman–Crippen LogP) is 16.1. The lowest BCUT2D eigenvalue weighted by Gasteiger charge is -2.28. The lowest BCUT2D eigenvalue weighted by Crippen LogP contribution is -2.37. The van der Waals surface area contributed by atoms with Crippen LogP contribution in [0.3, 0.4) is 0 Å². The van der Waals surface area contributed by atoms with Gasteiger partial charge in [0.2, 0.25) is 0 Å². The van der Waals surface area contributed by atoms with Crippen molar-refractivity contribution in [3.05, 3.63) is 60.8 Å². The lowest BCUT2D eigenvalue weighted by molar-refractivity contribution is -0.870. The molecule has 10 heteroatoms. The second-order valence-electron chi connectivity index (χ2n) is 19.6. The molecule has 0 aromatic carbocycles. The van der Waals surface area contributed by atoms with Crippen LogP contribution in [0.5, 0.6) is 0 Å². The van der Waals surface area contributed by atoms with Crippen LogP contribution in [0.2, 0.25) is 0 Å². The van der Waals surface area contributed by atoms with Crippen molar-refractivity contribution in [1.82, 2.24) is 0 Å². The number of nitrogens with zero attached hydrogens (tertiary/aromatic N) is 1. The third-order valence-electron chi connectivity index (χ3n) is 11.8. The molecule has 0 aromatic rings. The zero-order valence-corrected chi connectivity index (χ0v) is 45.0. The fourth-order valence-electron chi connectivity index (χ4n) is 7.52. The highest BCUT2D eigenvalue weighted by Crippen LogP contribution is 2.38. The van der Waals surface area contributed by atoms with Crippen LogP contribution in [-0.2, 0) is 32.7 Å². The second-order valence-corrected chi connectivity index (χ2v) is 21.0. The van der Waals surface area contributed by atoms with Crippen molar-refractivity contribution in [1.29, 1.82) is 0 Å². The molecule has 9 nitrogen and oxygen atoms in total. The summed E-state index contributed by atoms with van der Waals surface area (Å²) in [6.45, 7) is 4.10. The number of carbonyl (C=O) groups excluding carboxylic acids is 2. The number of likely N-dealkylation sites (N-methyl/N-ethyl adjacent to an activating group) is 1. The number of esters is 2. The Kier molecular flexibility index (Phi) is 47.1. The molecule has 2 atom stereocenters. The molecule has 0 rings (SSSR count). The molecule has 0 spiro atoms. The molecular weight excluding hydrogens is 858 g/mol. The first-order valence-electron chi connectivity index (χ1n) is 27.5. The maximum Gasteiger partial charge on any atom is 0.306 e. The van der Waals surface area contributed by atoms with Gasteiger partial charge >= 0.3 is 11.9 Å². The normalized spacial score (nSPS) is 13.8. The van der Waals surface area contributed by atoms with Gasteiger partial charge in [-0.2, -0.15) is 0 Å². The van der Waals surface area contributed by atoms with Crippen molar-refractivity contribution in [3.63, 3.8) is 0 Å². The van der Waals surface area contributed by atoms with E-state index in [9.17, 15) is 19.0 Å². The number of carbonyl (C=O) groups is 2. The number of allylic oxidation sites excluding steroid dienone is 10. The number of unbranched alkanes of at least 4 members (excludes halogenated alkanes) is 26. The Morgan fingerprint density at radius 1 is 0.478 bits per heavy atom. The van der Waals surface area contributed by atoms with Gasteiger partial charge in [0.15, 0.2) is 6.10 Å². The molecule has 0 aliphatic carbocycles. The van der Waals surface area contributed by atoms with Gasteiger partial charge in [-0.3, -0.25) is 14.2 Å². The Labute approximate surface area is 413 Å². The maximum absolute atomic E-state index is 12.8. The van der Waals surface area contributed by atoms with Crippen LogP contribution in [0.4, 0.5) is 0 Å². The van der Waals surface area contributed by atoms with Gasteiger partial charge in [0.1, 0.15) is 19.8 Å². The second kappa shape index (κ2) is 48.7. The van der Waals surface area contributed by atoms with Gasteiger partial charge < -0.3 is 27.9 Å². The molecule has 0 N–H and O–H groups in total. The van der Waals surface area contributed by atoms with Crippen molar-refractivity contribution in [3.8, 4) is 0 Å². The number of hydrogen-bond donors (Lipinski definition) is 0. The molecule has 0 aromatic heterocycles. The van der Waals surface area contributed by atoms with Gasteiger partial charge in [-0.15, -0.1) is 0 Å². The predicted molar refractivity (Wildman–Crippen MR) is 282 cm³/mol. The topological polar surface area (TPSA) is 111 Å². The molecule has 0 aliphatic heterocycles. The van der Waals surface area contributed by atoms with E-state index in [-0.39, 0.29) is 26.1 Å². The van der Waals surface area contributed by atoms with Gasteiger partial charge in [-0.05, 0) is 77.0 Å². The molecule has 390 valence electrons. The monoisotopic (exact) mass is 962 g/mol. The number of quaternary nitrogens is 1. The van der Waals surface area contributed by atoms with E-state index >= 15 is 0 Å². The summed E-state index contributed by atoms with van der Waals surface area (Å²) < 4.78 is 34.0. The summed E-state index contributed by atoms with van der Waals surface area (Å²) in [5, 5.41) is 0. The van der Waals surface area contributed by atoms with Crippen LogP contribution in [0.1, 0.15) is 239 Å². The Balaban J connectivity index is 4.04. The maximum atomic E-state index is 12.8. The van der Waals surface area contributed by atoms with E-state index in [2.05, 4.69) is 74.6 Å². The summed E-state index contributed by atoms with van der Waals surface area (Å²) in [4.78, 5) is 37.7. The third kappa shape index (κ3) is 52.9. The summed E-state index contributed by atoms with van der Waals surface area (Å²) in [6, 6.07) is 0. The molecule has 0 saturated heterocycles. The van der Waals surface area contributed by atoms with Crippen LogP contribution in [0.15, 0.2) is 60.8 Å². The molecular formula is C57H104NO8P. The molecule has 0 aliphatic rings. The van der Waals surface area contributed by atoms with Gasteiger partial charge in [0, 0.05) is 12.8 Å². The van der Waals surface area contributed by atoms with E-state index in [1.165, 1.54) is 122 Å². The van der Waals surface area contributed by atoms with Crippen molar-refractivity contribution in [2.24, 2.45) is 0 Å². The first kappa shape index (κ1) is 64.7. The molecule has 0 fully saturated rings. The minimum atomic E-state index is -4.63. The highest BCUT2D eigenvalue weighted by Gasteiger charge is 2.21. The SMILES string of the molecule is CC/C=C\C/C=C\C/C=C\C/C=C\CCCCCCCCCCCCCCCCCCCCC(=O)OC(COC(=O)CCCCCCC/C=C\CCCCC)COP(=O)([O-])OCC[N+](C)(C)C. The first-order chi connectivity index (χ1) is 32.5. The zero-order chi connectivity index (χ0) is 49.2. The van der Waals surface area contributed by atoms with Crippen molar-refractivity contribution >= 4 is 19.8 Å². The summed E-state index contributed by atoms with van der Waals surface area (Å²) in [5.41, 5.74) is 0. The van der Waals surface area contributed by atoms with E-state index in [1.807, 2.05) is 21.1 Å². The molecule has 0 saturated carbocycles. The van der Waals surface area contributed by atoms with E-state index in [4.69, 9.17) is 18.5 Å². The van der Waals surface area contributed by atoms with E-state index in [0.717, 1.165) is 83.5 Å². The summed E-state index contributed by atoms with van der Waals surface area (Å²) in [6.07, 6.45) is 61.3. The molecule has 0 radical (unpaired) electrons. The number of hydrogen-bond acceptors (Lipinski definition) is 8. The zero-order valence-electron chi connectivity index (χ0n) is 44.1. The van der Waals surface area contributed by atoms with Crippen molar-refractivity contribution in [2.75, 3.05) is 47.5 Å². The Bertz CT molecular complexity index is 1320. The van der Waals surface area contributed by atoms with Gasteiger partial charge in [-0.1, -0.05) is 209 Å². The van der Waals surface area contributed by atoms with Crippen molar-refractivity contribution in [2.45, 2.75) is 245 Å². The molecule has 0 amide bonds. The summed E-state index contributed by atoms with van der Waals surface area (Å²) in [5.74, 6) is -0.839. The average molecular weight is 962 g/mol. The largest absolute Gasteiger partial charge is 0.756 e. The highest BCUT2D eigenvalue weighted by molar-refractivity contribution is 7.45. The van der Waals surface area contributed by atoms with E-state index in [1.54, 1.807) is 0 Å². The van der Waals surface area contributed by atoms with Crippen LogP contribution in [0.25, 0.3) is 0 Å². The number of ether oxygens (including phenoxy) is 2. The number of phosphoric acid groups is 1. The standard InChI is InChI=1S/C57H104NO8P/c1-6-8-10-12-14-16-18-20-21-22-23-24-25-26-27-28-29-30-31-32-33-34-35-36-37-38-40-42-44-46-48-50-57(60)66-55(54-65-67(61,62)64-52-51-58(3,4)5)53-63-56(59)49-47-45-43-41-39-19-17-15-13-11-9-7-2/h8,10,14-17,20-21,23-24,55H,6-7,9,11-13,18-19,22,25-54H2,1-5H3/b10-8-,16-14-,17-15-,21-20-,24-23-. The highest BCUT2D eigenvalue weighted by atomic mass is 31.2. The minimum absolute atomic E-state index is 0.0322. The number of rotatable bonds is 50. The molecule has 67 heavy (non-hydrogen) atoms. The Morgan fingerprint density at radius 3 is 1.28 bits per heavy atom. The fourth-order valence-corrected chi connectivity index (χ4v) is 8.25. The average Bonchev–Trinajstić information content (AvgIpc) is 3.29. The third-order valence-corrected chi connectivity index (χ3v) is 12.7.